The van der Waals surface area contributed by atoms with Crippen molar-refractivity contribution in [3.63, 3.8) is 0 Å². The fourth-order valence-corrected chi connectivity index (χ4v) is 4.62. The predicted molar refractivity (Wildman–Crippen MR) is 140 cm³/mol. The molecule has 36 heavy (non-hydrogen) atoms. The quantitative estimate of drug-likeness (QED) is 0.473. The van der Waals surface area contributed by atoms with Crippen molar-refractivity contribution in [3.05, 3.63) is 36.8 Å². The lowest BCUT2D eigenvalue weighted by Gasteiger charge is -2.30. The maximum absolute atomic E-state index is 11.7. The van der Waals surface area contributed by atoms with E-state index in [1.165, 1.54) is 19.1 Å². The number of benzene rings is 1. The first-order valence-electron chi connectivity index (χ1n) is 12.1. The lowest BCUT2D eigenvalue weighted by molar-refractivity contribution is -0.138. The van der Waals surface area contributed by atoms with E-state index in [0.717, 1.165) is 43.1 Å². The Balaban J connectivity index is 0.000000454. The molecule has 0 bridgehead atoms. The SMILES string of the molecule is CC(C)(C)OC=O.CCN(CC1CCNCC1)c1ncnc2c1cnn2-c1ccc(S(C)(=O)=O)cc1. The van der Waals surface area contributed by atoms with Crippen LogP contribution in [0.25, 0.3) is 16.7 Å². The number of carbonyl (C=O) groups excluding carboxylic acids is 1. The molecular formula is C25H36N6O4S. The molecule has 11 heteroatoms. The maximum Gasteiger partial charge on any atom is 0.293 e. The number of sulfone groups is 1. The van der Waals surface area contributed by atoms with E-state index >= 15 is 0 Å². The number of anilines is 1. The number of nitrogens with zero attached hydrogens (tertiary/aromatic N) is 5. The molecule has 0 spiro atoms. The van der Waals surface area contributed by atoms with Gasteiger partial charge in [0.05, 0.1) is 22.2 Å². The summed E-state index contributed by atoms with van der Waals surface area (Å²) < 4.78 is 29.7. The van der Waals surface area contributed by atoms with E-state index in [1.54, 1.807) is 41.5 Å². The highest BCUT2D eigenvalue weighted by atomic mass is 32.2. The Labute approximate surface area is 213 Å². The molecule has 2 aromatic heterocycles. The molecule has 1 aliphatic rings. The van der Waals surface area contributed by atoms with Crippen molar-refractivity contribution in [1.82, 2.24) is 25.1 Å². The van der Waals surface area contributed by atoms with Crippen LogP contribution in [-0.4, -0.2) is 72.7 Å². The number of carbonyl (C=O) groups is 1. The second-order valence-corrected chi connectivity index (χ2v) is 11.8. The van der Waals surface area contributed by atoms with Gasteiger partial charge in [-0.15, -0.1) is 0 Å². The highest BCUT2D eigenvalue weighted by Crippen LogP contribution is 2.27. The van der Waals surface area contributed by atoms with Crippen molar-refractivity contribution in [2.45, 2.75) is 51.0 Å². The fourth-order valence-electron chi connectivity index (χ4n) is 3.99. The molecule has 0 radical (unpaired) electrons. The van der Waals surface area contributed by atoms with Gasteiger partial charge in [0.2, 0.25) is 0 Å². The molecule has 3 heterocycles. The fraction of sp³-hybridized carbons (Fsp3) is 0.520. The molecule has 1 saturated heterocycles. The van der Waals surface area contributed by atoms with Gasteiger partial charge in [-0.25, -0.2) is 23.1 Å². The first kappa shape index (κ1) is 27.5. The van der Waals surface area contributed by atoms with Gasteiger partial charge in [0.25, 0.3) is 6.47 Å². The second-order valence-electron chi connectivity index (χ2n) is 9.82. The Morgan fingerprint density at radius 1 is 1.17 bits per heavy atom. The molecule has 0 saturated carbocycles. The molecule has 1 N–H and O–H groups in total. The molecule has 3 aromatic rings. The molecule has 0 atom stereocenters. The summed E-state index contributed by atoms with van der Waals surface area (Å²) in [7, 11) is -3.23. The summed E-state index contributed by atoms with van der Waals surface area (Å²) in [5.74, 6) is 1.55. The Morgan fingerprint density at radius 2 is 1.83 bits per heavy atom. The molecular weight excluding hydrogens is 480 g/mol. The average Bonchev–Trinajstić information content (AvgIpc) is 3.27. The lowest BCUT2D eigenvalue weighted by Crippen LogP contribution is -2.36. The monoisotopic (exact) mass is 516 g/mol. The van der Waals surface area contributed by atoms with Crippen LogP contribution >= 0.6 is 0 Å². The second kappa shape index (κ2) is 11.8. The molecule has 4 rings (SSSR count). The highest BCUT2D eigenvalue weighted by Gasteiger charge is 2.20. The molecule has 1 fully saturated rings. The van der Waals surface area contributed by atoms with Crippen LogP contribution in [0.1, 0.15) is 40.5 Å². The van der Waals surface area contributed by atoms with Crippen LogP contribution < -0.4 is 10.2 Å². The van der Waals surface area contributed by atoms with E-state index in [0.29, 0.717) is 18.0 Å². The minimum atomic E-state index is -3.23. The van der Waals surface area contributed by atoms with Gasteiger partial charge >= 0.3 is 0 Å². The normalized spacial score (nSPS) is 14.7. The summed E-state index contributed by atoms with van der Waals surface area (Å²) >= 11 is 0. The minimum Gasteiger partial charge on any atom is -0.462 e. The largest absolute Gasteiger partial charge is 0.462 e. The van der Waals surface area contributed by atoms with Gasteiger partial charge in [-0.3, -0.25) is 4.79 Å². The number of rotatable bonds is 7. The topological polar surface area (TPSA) is 119 Å². The van der Waals surface area contributed by atoms with Crippen LogP contribution in [0.2, 0.25) is 0 Å². The molecule has 10 nitrogen and oxygen atoms in total. The average molecular weight is 517 g/mol. The van der Waals surface area contributed by atoms with E-state index in [9.17, 15) is 13.2 Å². The van der Waals surface area contributed by atoms with Crippen LogP contribution in [-0.2, 0) is 19.4 Å². The minimum absolute atomic E-state index is 0.284. The van der Waals surface area contributed by atoms with E-state index in [1.807, 2.05) is 20.8 Å². The third kappa shape index (κ3) is 7.23. The highest BCUT2D eigenvalue weighted by molar-refractivity contribution is 7.90. The van der Waals surface area contributed by atoms with Crippen molar-refractivity contribution >= 4 is 33.2 Å². The summed E-state index contributed by atoms with van der Waals surface area (Å²) in [6.07, 6.45) is 6.92. The van der Waals surface area contributed by atoms with Gasteiger partial charge < -0.3 is 15.0 Å². The van der Waals surface area contributed by atoms with Crippen molar-refractivity contribution < 1.29 is 17.9 Å². The standard InChI is InChI=1S/C20H26N6O2S.C5H10O2/c1-3-25(13-15-8-10-21-11-9-15)19-18-12-24-26(20(18)23-14-22-19)16-4-6-17(7-5-16)29(2,27)28;1-5(2,3)7-4-6/h4-7,12,14-15,21H,3,8-11,13H2,1-2H3;4H,1-3H3. The van der Waals surface area contributed by atoms with Crippen LogP contribution in [0.15, 0.2) is 41.7 Å². The van der Waals surface area contributed by atoms with Crippen LogP contribution in [0.5, 0.6) is 0 Å². The van der Waals surface area contributed by atoms with Crippen molar-refractivity contribution in [2.75, 3.05) is 37.3 Å². The first-order chi connectivity index (χ1) is 17.0. The third-order valence-electron chi connectivity index (χ3n) is 5.87. The van der Waals surface area contributed by atoms with E-state index in [2.05, 4.69) is 36.9 Å². The van der Waals surface area contributed by atoms with Crippen LogP contribution in [0.3, 0.4) is 0 Å². The van der Waals surface area contributed by atoms with Crippen molar-refractivity contribution in [3.8, 4) is 5.69 Å². The smallest absolute Gasteiger partial charge is 0.293 e. The van der Waals surface area contributed by atoms with Crippen LogP contribution in [0, 0.1) is 5.92 Å². The van der Waals surface area contributed by atoms with Crippen molar-refractivity contribution in [2.24, 2.45) is 5.92 Å². The zero-order chi connectivity index (χ0) is 26.3. The first-order valence-corrected chi connectivity index (χ1v) is 14.0. The molecule has 0 aliphatic carbocycles. The number of nitrogens with one attached hydrogen (secondary N) is 1. The van der Waals surface area contributed by atoms with Crippen LogP contribution in [0.4, 0.5) is 5.82 Å². The Kier molecular flexibility index (Phi) is 9.02. The zero-order valence-corrected chi connectivity index (χ0v) is 22.5. The Morgan fingerprint density at radius 3 is 2.36 bits per heavy atom. The number of ether oxygens (including phenoxy) is 1. The lowest BCUT2D eigenvalue weighted by atomic mass is 9.97. The van der Waals surface area contributed by atoms with Gasteiger partial charge in [0.1, 0.15) is 17.7 Å². The van der Waals surface area contributed by atoms with E-state index < -0.39 is 9.84 Å². The molecule has 1 aromatic carbocycles. The number of hydrogen-bond donors (Lipinski definition) is 1. The molecule has 196 valence electrons. The van der Waals surface area contributed by atoms with Gasteiger partial charge in [-0.2, -0.15) is 5.10 Å². The van der Waals surface area contributed by atoms with Gasteiger partial charge in [-0.05, 0) is 83.8 Å². The summed E-state index contributed by atoms with van der Waals surface area (Å²) in [4.78, 5) is 21.2. The van der Waals surface area contributed by atoms with Gasteiger partial charge in [-0.1, -0.05) is 0 Å². The van der Waals surface area contributed by atoms with Crippen molar-refractivity contribution in [1.29, 1.82) is 0 Å². The Hall–Kier alpha value is -3.05. The summed E-state index contributed by atoms with van der Waals surface area (Å²) in [5.41, 5.74) is 1.16. The van der Waals surface area contributed by atoms with E-state index in [-0.39, 0.29) is 10.5 Å². The zero-order valence-electron chi connectivity index (χ0n) is 21.6. The predicted octanol–water partition coefficient (Wildman–Crippen LogP) is 3.00. The molecule has 0 unspecified atom stereocenters. The summed E-state index contributed by atoms with van der Waals surface area (Å²) in [5, 5.41) is 8.82. The number of fused-ring (bicyclic) bond motifs is 1. The maximum atomic E-state index is 11.7. The Bertz CT molecular complexity index is 1250. The molecule has 1 aliphatic heterocycles. The molecule has 0 amide bonds. The number of piperidine rings is 1. The number of hydrogen-bond acceptors (Lipinski definition) is 9. The van der Waals surface area contributed by atoms with E-state index in [4.69, 9.17) is 0 Å². The van der Waals surface area contributed by atoms with Gasteiger partial charge in [0, 0.05) is 19.3 Å². The summed E-state index contributed by atoms with van der Waals surface area (Å²) in [6, 6.07) is 6.68. The van der Waals surface area contributed by atoms with Gasteiger partial charge in [0.15, 0.2) is 15.5 Å². The summed E-state index contributed by atoms with van der Waals surface area (Å²) in [6.45, 7) is 12.0. The third-order valence-corrected chi connectivity index (χ3v) is 7.00. The number of aromatic nitrogens is 4.